The van der Waals surface area contributed by atoms with E-state index in [-0.39, 0.29) is 11.7 Å². The molecule has 21 heavy (non-hydrogen) atoms. The first kappa shape index (κ1) is 13.7. The number of aromatic nitrogens is 5. The first-order chi connectivity index (χ1) is 10.2. The fourth-order valence-electron chi connectivity index (χ4n) is 2.54. The van der Waals surface area contributed by atoms with E-state index in [1.807, 2.05) is 13.1 Å². The number of carbonyl (C=O) groups is 1. The zero-order valence-corrected chi connectivity index (χ0v) is 11.8. The molecule has 1 aliphatic rings. The largest absolute Gasteiger partial charge is 0.476 e. The molecule has 0 radical (unpaired) electrons. The minimum Gasteiger partial charge on any atom is -0.476 e. The second kappa shape index (κ2) is 5.65. The van der Waals surface area contributed by atoms with Crippen molar-refractivity contribution in [2.75, 3.05) is 13.2 Å². The Kier molecular flexibility index (Phi) is 3.70. The van der Waals surface area contributed by atoms with Crippen LogP contribution in [0.4, 0.5) is 0 Å². The molecule has 0 aromatic carbocycles. The van der Waals surface area contributed by atoms with Crippen LogP contribution in [-0.4, -0.2) is 49.1 Å². The van der Waals surface area contributed by atoms with Crippen molar-refractivity contribution in [1.29, 1.82) is 0 Å². The Labute approximate surface area is 121 Å². The van der Waals surface area contributed by atoms with Crippen LogP contribution in [0.25, 0.3) is 11.3 Å². The maximum Gasteiger partial charge on any atom is 0.358 e. The number of rotatable bonds is 4. The Bertz CT molecular complexity index is 642. The summed E-state index contributed by atoms with van der Waals surface area (Å²) in [6.07, 6.45) is 5.29. The SMILES string of the molecule is CCn1cc(-c2c(C(=O)O)nnn2C2CCCOC2)cn1. The molecule has 0 spiro atoms. The molecule has 0 amide bonds. The lowest BCUT2D eigenvalue weighted by Gasteiger charge is -2.23. The predicted octanol–water partition coefficient (Wildman–Crippen LogP) is 1.21. The van der Waals surface area contributed by atoms with Crippen molar-refractivity contribution in [2.24, 2.45) is 0 Å². The molecular formula is C13H17N5O3. The summed E-state index contributed by atoms with van der Waals surface area (Å²) >= 11 is 0. The van der Waals surface area contributed by atoms with Crippen LogP contribution in [0.2, 0.25) is 0 Å². The number of carboxylic acid groups (broad SMARTS) is 1. The van der Waals surface area contributed by atoms with E-state index >= 15 is 0 Å². The van der Waals surface area contributed by atoms with Crippen LogP contribution >= 0.6 is 0 Å². The number of hydrogen-bond acceptors (Lipinski definition) is 5. The van der Waals surface area contributed by atoms with E-state index in [4.69, 9.17) is 4.74 Å². The van der Waals surface area contributed by atoms with Gasteiger partial charge in [-0.15, -0.1) is 5.10 Å². The molecule has 2 aromatic heterocycles. The third-order valence-electron chi connectivity index (χ3n) is 3.61. The molecule has 1 aliphatic heterocycles. The summed E-state index contributed by atoms with van der Waals surface area (Å²) < 4.78 is 8.88. The highest BCUT2D eigenvalue weighted by Gasteiger charge is 2.27. The second-order valence-electron chi connectivity index (χ2n) is 4.99. The highest BCUT2D eigenvalue weighted by atomic mass is 16.5. The van der Waals surface area contributed by atoms with Crippen LogP contribution < -0.4 is 0 Å². The van der Waals surface area contributed by atoms with Crippen molar-refractivity contribution in [1.82, 2.24) is 24.8 Å². The van der Waals surface area contributed by atoms with Gasteiger partial charge >= 0.3 is 5.97 Å². The van der Waals surface area contributed by atoms with Gasteiger partial charge in [0.25, 0.3) is 0 Å². The van der Waals surface area contributed by atoms with Gasteiger partial charge in [-0.2, -0.15) is 5.10 Å². The van der Waals surface area contributed by atoms with E-state index in [9.17, 15) is 9.90 Å². The average molecular weight is 291 g/mol. The molecule has 3 heterocycles. The maximum absolute atomic E-state index is 11.4. The van der Waals surface area contributed by atoms with Crippen LogP contribution in [-0.2, 0) is 11.3 Å². The number of hydrogen-bond donors (Lipinski definition) is 1. The molecule has 0 aliphatic carbocycles. The van der Waals surface area contributed by atoms with E-state index in [2.05, 4.69) is 15.4 Å². The lowest BCUT2D eigenvalue weighted by molar-refractivity contribution is 0.0548. The van der Waals surface area contributed by atoms with Crippen molar-refractivity contribution in [2.45, 2.75) is 32.4 Å². The van der Waals surface area contributed by atoms with E-state index in [0.29, 0.717) is 17.9 Å². The Morgan fingerprint density at radius 1 is 1.57 bits per heavy atom. The molecule has 2 aromatic rings. The first-order valence-electron chi connectivity index (χ1n) is 6.99. The Morgan fingerprint density at radius 2 is 2.43 bits per heavy atom. The molecule has 1 fully saturated rings. The van der Waals surface area contributed by atoms with Crippen LogP contribution in [0.3, 0.4) is 0 Å². The number of aromatic carboxylic acids is 1. The summed E-state index contributed by atoms with van der Waals surface area (Å²) in [6.45, 7) is 3.95. The third-order valence-corrected chi connectivity index (χ3v) is 3.61. The molecule has 0 bridgehead atoms. The lowest BCUT2D eigenvalue weighted by atomic mass is 10.1. The van der Waals surface area contributed by atoms with Gasteiger partial charge in [0.1, 0.15) is 5.69 Å². The van der Waals surface area contributed by atoms with Crippen LogP contribution in [0.5, 0.6) is 0 Å². The van der Waals surface area contributed by atoms with Crippen LogP contribution in [0, 0.1) is 0 Å². The number of aryl methyl sites for hydroxylation is 1. The predicted molar refractivity (Wildman–Crippen MR) is 73.0 cm³/mol. The summed E-state index contributed by atoms with van der Waals surface area (Å²) in [5.41, 5.74) is 1.17. The van der Waals surface area contributed by atoms with Gasteiger partial charge in [-0.05, 0) is 19.8 Å². The number of ether oxygens (including phenoxy) is 1. The van der Waals surface area contributed by atoms with Crippen LogP contribution in [0.15, 0.2) is 12.4 Å². The quantitative estimate of drug-likeness (QED) is 0.909. The third kappa shape index (κ3) is 2.54. The van der Waals surface area contributed by atoms with Gasteiger partial charge in [0.05, 0.1) is 18.8 Å². The first-order valence-corrected chi connectivity index (χ1v) is 6.99. The second-order valence-corrected chi connectivity index (χ2v) is 4.99. The van der Waals surface area contributed by atoms with Crippen molar-refractivity contribution in [3.63, 3.8) is 0 Å². The smallest absolute Gasteiger partial charge is 0.358 e. The Morgan fingerprint density at radius 3 is 3.05 bits per heavy atom. The molecule has 112 valence electrons. The average Bonchev–Trinajstić information content (AvgIpc) is 3.14. The molecule has 1 saturated heterocycles. The van der Waals surface area contributed by atoms with Crippen molar-refractivity contribution in [3.8, 4) is 11.3 Å². The van der Waals surface area contributed by atoms with Crippen LogP contribution in [0.1, 0.15) is 36.3 Å². The van der Waals surface area contributed by atoms with E-state index < -0.39 is 5.97 Å². The Hall–Kier alpha value is -2.22. The highest BCUT2D eigenvalue weighted by molar-refractivity contribution is 5.92. The van der Waals surface area contributed by atoms with E-state index in [0.717, 1.165) is 26.0 Å². The van der Waals surface area contributed by atoms with Crippen molar-refractivity contribution in [3.05, 3.63) is 18.1 Å². The molecule has 0 saturated carbocycles. The van der Waals surface area contributed by atoms with Gasteiger partial charge in [-0.25, -0.2) is 9.48 Å². The zero-order chi connectivity index (χ0) is 14.8. The Balaban J connectivity index is 2.06. The molecular weight excluding hydrogens is 274 g/mol. The fraction of sp³-hybridized carbons (Fsp3) is 0.538. The standard InChI is InChI=1S/C13H17N5O3/c1-2-17-7-9(6-14-17)12-11(13(19)20)15-16-18(12)10-4-3-5-21-8-10/h6-7,10H,2-5,8H2,1H3,(H,19,20). The van der Waals surface area contributed by atoms with Gasteiger partial charge in [0.15, 0.2) is 5.69 Å². The van der Waals surface area contributed by atoms with Gasteiger partial charge in [-0.3, -0.25) is 4.68 Å². The van der Waals surface area contributed by atoms with Crippen molar-refractivity contribution < 1.29 is 14.6 Å². The summed E-state index contributed by atoms with van der Waals surface area (Å²) in [5, 5.41) is 21.4. The number of nitrogens with zero attached hydrogens (tertiary/aromatic N) is 5. The van der Waals surface area contributed by atoms with Gasteiger partial charge in [0, 0.05) is 24.9 Å². The lowest BCUT2D eigenvalue weighted by Crippen LogP contribution is -2.23. The van der Waals surface area contributed by atoms with E-state index in [1.165, 1.54) is 0 Å². The number of carboxylic acids is 1. The topological polar surface area (TPSA) is 95.1 Å². The van der Waals surface area contributed by atoms with Crippen molar-refractivity contribution >= 4 is 5.97 Å². The minimum absolute atomic E-state index is 0.0133. The summed E-state index contributed by atoms with van der Waals surface area (Å²) in [5.74, 6) is -1.09. The van der Waals surface area contributed by atoms with Gasteiger partial charge < -0.3 is 9.84 Å². The molecule has 8 nitrogen and oxygen atoms in total. The van der Waals surface area contributed by atoms with Gasteiger partial charge in [0.2, 0.25) is 0 Å². The van der Waals surface area contributed by atoms with E-state index in [1.54, 1.807) is 15.6 Å². The van der Waals surface area contributed by atoms with Gasteiger partial charge in [-0.1, -0.05) is 5.21 Å². The fourth-order valence-corrected chi connectivity index (χ4v) is 2.54. The normalized spacial score (nSPS) is 18.8. The highest BCUT2D eigenvalue weighted by Crippen LogP contribution is 2.28. The molecule has 1 atom stereocenters. The summed E-state index contributed by atoms with van der Waals surface area (Å²) in [4.78, 5) is 11.4. The molecule has 1 unspecified atom stereocenters. The summed E-state index contributed by atoms with van der Waals surface area (Å²) in [6, 6.07) is 0.0133. The molecule has 8 heteroatoms. The monoisotopic (exact) mass is 291 g/mol. The molecule has 1 N–H and O–H groups in total. The molecule has 3 rings (SSSR count). The minimum atomic E-state index is -1.09. The zero-order valence-electron chi connectivity index (χ0n) is 11.8. The summed E-state index contributed by atoms with van der Waals surface area (Å²) in [7, 11) is 0. The maximum atomic E-state index is 11.4.